The SMILES string of the molecule is CCc1cnc(C(=O)NC(CO)Cc2c[nH]c3ccccc23)s1. The number of aromatic amines is 1. The van der Waals surface area contributed by atoms with Crippen LogP contribution in [-0.4, -0.2) is 33.6 Å². The summed E-state index contributed by atoms with van der Waals surface area (Å²) < 4.78 is 0. The summed E-state index contributed by atoms with van der Waals surface area (Å²) in [5, 5.41) is 14.0. The number of H-pyrrole nitrogens is 1. The minimum atomic E-state index is -0.337. The van der Waals surface area contributed by atoms with Crippen molar-refractivity contribution in [2.45, 2.75) is 25.8 Å². The van der Waals surface area contributed by atoms with E-state index in [4.69, 9.17) is 0 Å². The summed E-state index contributed by atoms with van der Waals surface area (Å²) in [7, 11) is 0. The molecule has 3 rings (SSSR count). The Kier molecular flexibility index (Phi) is 4.73. The quantitative estimate of drug-likeness (QED) is 0.650. The number of nitrogens with zero attached hydrogens (tertiary/aromatic N) is 1. The van der Waals surface area contributed by atoms with E-state index in [1.165, 1.54) is 11.3 Å². The topological polar surface area (TPSA) is 78.0 Å². The molecule has 0 aliphatic carbocycles. The smallest absolute Gasteiger partial charge is 0.280 e. The number of thiazole rings is 1. The van der Waals surface area contributed by atoms with E-state index >= 15 is 0 Å². The van der Waals surface area contributed by atoms with Crippen LogP contribution in [0, 0.1) is 0 Å². The molecule has 2 aromatic heterocycles. The molecule has 3 aromatic rings. The molecule has 23 heavy (non-hydrogen) atoms. The molecule has 0 spiro atoms. The number of aliphatic hydroxyl groups excluding tert-OH is 1. The van der Waals surface area contributed by atoms with Gasteiger partial charge in [0.25, 0.3) is 5.91 Å². The van der Waals surface area contributed by atoms with Crippen molar-refractivity contribution in [3.63, 3.8) is 0 Å². The van der Waals surface area contributed by atoms with Crippen LogP contribution in [0.4, 0.5) is 0 Å². The molecule has 1 amide bonds. The Balaban J connectivity index is 1.71. The van der Waals surface area contributed by atoms with E-state index in [0.29, 0.717) is 11.4 Å². The van der Waals surface area contributed by atoms with Gasteiger partial charge in [-0.1, -0.05) is 25.1 Å². The maximum absolute atomic E-state index is 12.3. The summed E-state index contributed by atoms with van der Waals surface area (Å²) in [6.45, 7) is 1.92. The van der Waals surface area contributed by atoms with Gasteiger partial charge in [-0.15, -0.1) is 11.3 Å². The summed E-state index contributed by atoms with van der Waals surface area (Å²) in [6.07, 6.45) is 5.09. The van der Waals surface area contributed by atoms with E-state index in [-0.39, 0.29) is 18.6 Å². The van der Waals surface area contributed by atoms with Gasteiger partial charge in [-0.2, -0.15) is 0 Å². The number of aryl methyl sites for hydroxylation is 1. The molecule has 1 aromatic carbocycles. The minimum absolute atomic E-state index is 0.114. The lowest BCUT2D eigenvalue weighted by molar-refractivity contribution is 0.0916. The highest BCUT2D eigenvalue weighted by Crippen LogP contribution is 2.19. The summed E-state index contributed by atoms with van der Waals surface area (Å²) in [5.74, 6) is -0.228. The number of nitrogens with one attached hydrogen (secondary N) is 2. The largest absolute Gasteiger partial charge is 0.394 e. The van der Waals surface area contributed by atoms with Crippen LogP contribution in [0.5, 0.6) is 0 Å². The lowest BCUT2D eigenvalue weighted by Gasteiger charge is -2.15. The first-order valence-corrected chi connectivity index (χ1v) is 8.44. The van der Waals surface area contributed by atoms with Crippen LogP contribution >= 0.6 is 11.3 Å². The molecule has 0 aliphatic heterocycles. The molecule has 3 N–H and O–H groups in total. The average molecular weight is 329 g/mol. The van der Waals surface area contributed by atoms with Crippen molar-refractivity contribution < 1.29 is 9.90 Å². The minimum Gasteiger partial charge on any atom is -0.394 e. The highest BCUT2D eigenvalue weighted by atomic mass is 32.1. The Labute approximate surface area is 138 Å². The Hall–Kier alpha value is -2.18. The van der Waals surface area contributed by atoms with Gasteiger partial charge in [-0.25, -0.2) is 4.98 Å². The monoisotopic (exact) mass is 329 g/mol. The van der Waals surface area contributed by atoms with Gasteiger partial charge in [0.15, 0.2) is 5.01 Å². The van der Waals surface area contributed by atoms with Gasteiger partial charge >= 0.3 is 0 Å². The average Bonchev–Trinajstić information content (AvgIpc) is 3.21. The first-order chi connectivity index (χ1) is 11.2. The zero-order valence-electron chi connectivity index (χ0n) is 12.9. The molecule has 5 nitrogen and oxygen atoms in total. The van der Waals surface area contributed by atoms with E-state index in [0.717, 1.165) is 27.8 Å². The molecular weight excluding hydrogens is 310 g/mol. The number of aliphatic hydroxyl groups is 1. The second-order valence-electron chi connectivity index (χ2n) is 5.40. The molecule has 0 radical (unpaired) electrons. The van der Waals surface area contributed by atoms with Gasteiger partial charge in [0.1, 0.15) is 0 Å². The molecule has 0 aliphatic rings. The van der Waals surface area contributed by atoms with Crippen molar-refractivity contribution >= 4 is 28.1 Å². The fourth-order valence-corrected chi connectivity index (χ4v) is 3.31. The van der Waals surface area contributed by atoms with Gasteiger partial charge in [-0.3, -0.25) is 4.79 Å². The lowest BCUT2D eigenvalue weighted by Crippen LogP contribution is -2.39. The van der Waals surface area contributed by atoms with Crippen molar-refractivity contribution in [3.05, 3.63) is 52.1 Å². The third-order valence-electron chi connectivity index (χ3n) is 3.79. The predicted molar refractivity (Wildman–Crippen MR) is 91.8 cm³/mol. The van der Waals surface area contributed by atoms with Crippen molar-refractivity contribution in [1.29, 1.82) is 0 Å². The first-order valence-electron chi connectivity index (χ1n) is 7.62. The second-order valence-corrected chi connectivity index (χ2v) is 6.52. The Morgan fingerprint density at radius 3 is 3.00 bits per heavy atom. The molecule has 0 saturated carbocycles. The summed E-state index contributed by atoms with van der Waals surface area (Å²) >= 11 is 1.39. The van der Waals surface area contributed by atoms with Gasteiger partial charge in [0, 0.05) is 28.2 Å². The number of amides is 1. The number of hydrogen-bond acceptors (Lipinski definition) is 4. The predicted octanol–water partition coefficient (Wildman–Crippen LogP) is 2.52. The zero-order chi connectivity index (χ0) is 16.2. The summed E-state index contributed by atoms with van der Waals surface area (Å²) in [5.41, 5.74) is 2.13. The third kappa shape index (κ3) is 3.43. The van der Waals surface area contributed by atoms with Gasteiger partial charge < -0.3 is 15.4 Å². The second kappa shape index (κ2) is 6.93. The Morgan fingerprint density at radius 1 is 1.43 bits per heavy atom. The van der Waals surface area contributed by atoms with Crippen LogP contribution in [0.25, 0.3) is 10.9 Å². The maximum atomic E-state index is 12.3. The van der Waals surface area contributed by atoms with Crippen LogP contribution in [0.15, 0.2) is 36.7 Å². The van der Waals surface area contributed by atoms with E-state index in [1.54, 1.807) is 6.20 Å². The fourth-order valence-electron chi connectivity index (χ4n) is 2.55. The molecular formula is C17H19N3O2S. The standard InChI is InChI=1S/C17H19N3O2S/c1-2-13-9-19-17(23-13)16(22)20-12(10-21)7-11-8-18-15-6-4-3-5-14(11)15/h3-6,8-9,12,18,21H,2,7,10H2,1H3,(H,20,22). The number of para-hydroxylation sites is 1. The van der Waals surface area contributed by atoms with Crippen molar-refractivity contribution in [3.8, 4) is 0 Å². The summed E-state index contributed by atoms with van der Waals surface area (Å²) in [4.78, 5) is 20.7. The number of hydrogen-bond donors (Lipinski definition) is 3. The number of carbonyl (C=O) groups is 1. The molecule has 1 unspecified atom stereocenters. The van der Waals surface area contributed by atoms with E-state index in [1.807, 2.05) is 37.4 Å². The molecule has 6 heteroatoms. The van der Waals surface area contributed by atoms with Crippen LogP contribution in [-0.2, 0) is 12.8 Å². The van der Waals surface area contributed by atoms with Crippen molar-refractivity contribution in [2.24, 2.45) is 0 Å². The number of benzene rings is 1. The van der Waals surface area contributed by atoms with Crippen LogP contribution in [0.3, 0.4) is 0 Å². The van der Waals surface area contributed by atoms with E-state index in [2.05, 4.69) is 15.3 Å². The Bertz CT molecular complexity index is 809. The molecule has 0 fully saturated rings. The maximum Gasteiger partial charge on any atom is 0.280 e. The van der Waals surface area contributed by atoms with Gasteiger partial charge in [0.2, 0.25) is 0 Å². The number of fused-ring (bicyclic) bond motifs is 1. The molecule has 0 saturated heterocycles. The highest BCUT2D eigenvalue weighted by Gasteiger charge is 2.17. The Morgan fingerprint density at radius 2 is 2.26 bits per heavy atom. The number of aromatic nitrogens is 2. The number of carbonyl (C=O) groups excluding carboxylic acids is 1. The normalized spacial score (nSPS) is 12.4. The molecule has 0 bridgehead atoms. The van der Waals surface area contributed by atoms with Crippen molar-refractivity contribution in [1.82, 2.24) is 15.3 Å². The van der Waals surface area contributed by atoms with Gasteiger partial charge in [0.05, 0.1) is 12.6 Å². The highest BCUT2D eigenvalue weighted by molar-refractivity contribution is 7.13. The van der Waals surface area contributed by atoms with Crippen LogP contribution < -0.4 is 5.32 Å². The summed E-state index contributed by atoms with van der Waals surface area (Å²) in [6, 6.07) is 7.66. The zero-order valence-corrected chi connectivity index (χ0v) is 13.7. The fraction of sp³-hybridized carbons (Fsp3) is 0.294. The molecule has 120 valence electrons. The van der Waals surface area contributed by atoms with E-state index < -0.39 is 0 Å². The van der Waals surface area contributed by atoms with Gasteiger partial charge in [-0.05, 0) is 24.5 Å². The first kappa shape index (κ1) is 15.7. The van der Waals surface area contributed by atoms with Crippen LogP contribution in [0.2, 0.25) is 0 Å². The van der Waals surface area contributed by atoms with Crippen LogP contribution in [0.1, 0.15) is 27.2 Å². The van der Waals surface area contributed by atoms with Crippen molar-refractivity contribution in [2.75, 3.05) is 6.61 Å². The molecule has 2 heterocycles. The molecule has 1 atom stereocenters. The third-order valence-corrected chi connectivity index (χ3v) is 4.93. The lowest BCUT2D eigenvalue weighted by atomic mass is 10.1. The van der Waals surface area contributed by atoms with E-state index in [9.17, 15) is 9.90 Å². The number of rotatable bonds is 6.